The average Bonchev–Trinajstić information content (AvgIpc) is 2.87. The van der Waals surface area contributed by atoms with Crippen molar-refractivity contribution >= 4 is 5.91 Å². The Kier molecular flexibility index (Phi) is 4.12. The smallest absolute Gasteiger partial charge is 0.317 e. The molecule has 2 aliphatic heterocycles. The van der Waals surface area contributed by atoms with Gasteiger partial charge in [0.15, 0.2) is 0 Å². The second kappa shape index (κ2) is 6.69. The summed E-state index contributed by atoms with van der Waals surface area (Å²) in [4.78, 5) is 24.1. The van der Waals surface area contributed by atoms with Gasteiger partial charge in [0.1, 0.15) is 5.54 Å². The van der Waals surface area contributed by atoms with Crippen LogP contribution in [-0.2, 0) is 16.8 Å². The number of hydrogen-bond donors (Lipinski definition) is 0. The van der Waals surface area contributed by atoms with E-state index >= 15 is 0 Å². The van der Waals surface area contributed by atoms with Crippen molar-refractivity contribution in [1.82, 2.24) is 14.9 Å². The lowest BCUT2D eigenvalue weighted by Crippen LogP contribution is -2.74. The molecule has 2 aliphatic rings. The Morgan fingerprint density at radius 3 is 2.45 bits per heavy atom. The molecule has 29 heavy (non-hydrogen) atoms. The van der Waals surface area contributed by atoms with Crippen molar-refractivity contribution in [2.24, 2.45) is 0 Å². The third-order valence-corrected chi connectivity index (χ3v) is 5.95. The van der Waals surface area contributed by atoms with E-state index in [-0.39, 0.29) is 11.9 Å². The van der Waals surface area contributed by atoms with E-state index in [0.29, 0.717) is 6.54 Å². The molecule has 146 valence electrons. The fourth-order valence-electron chi connectivity index (χ4n) is 4.82. The maximum Gasteiger partial charge on any atom is 0.317 e. The van der Waals surface area contributed by atoms with Crippen LogP contribution in [0.25, 0.3) is 0 Å². The third-order valence-electron chi connectivity index (χ3n) is 5.95. The molecule has 1 fully saturated rings. The molecule has 0 spiro atoms. The molecule has 3 aromatic rings. The molecule has 0 aliphatic carbocycles. The van der Waals surface area contributed by atoms with E-state index in [0.717, 1.165) is 35.4 Å². The van der Waals surface area contributed by atoms with Crippen LogP contribution in [0.5, 0.6) is 6.01 Å². The van der Waals surface area contributed by atoms with Crippen LogP contribution in [-0.4, -0.2) is 33.4 Å². The average molecular weight is 385 g/mol. The van der Waals surface area contributed by atoms with E-state index in [9.17, 15) is 4.79 Å². The first-order chi connectivity index (χ1) is 14.1. The first-order valence-corrected chi connectivity index (χ1v) is 10.0. The number of aryl methyl sites for hydroxylation is 3. The zero-order chi connectivity index (χ0) is 20.0. The molecule has 3 heterocycles. The van der Waals surface area contributed by atoms with Gasteiger partial charge in [-0.25, -0.2) is 9.97 Å². The van der Waals surface area contributed by atoms with E-state index in [1.165, 1.54) is 5.56 Å². The summed E-state index contributed by atoms with van der Waals surface area (Å²) in [6.07, 6.45) is 1.19. The van der Waals surface area contributed by atoms with E-state index in [1.54, 1.807) is 0 Å². The quantitative estimate of drug-likeness (QED) is 0.647. The summed E-state index contributed by atoms with van der Waals surface area (Å²) in [7, 11) is 0. The van der Waals surface area contributed by atoms with Crippen LogP contribution in [0.1, 0.15) is 34.5 Å². The highest BCUT2D eigenvalue weighted by atomic mass is 16.5. The molecule has 5 rings (SSSR count). The minimum Gasteiger partial charge on any atom is -0.447 e. The summed E-state index contributed by atoms with van der Waals surface area (Å²) in [6, 6.07) is 20.8. The highest BCUT2D eigenvalue weighted by molar-refractivity contribution is 5.93. The lowest BCUT2D eigenvalue weighted by atomic mass is 9.69. The fraction of sp³-hybridized carbons (Fsp3) is 0.292. The van der Waals surface area contributed by atoms with E-state index in [4.69, 9.17) is 4.74 Å². The van der Waals surface area contributed by atoms with Gasteiger partial charge in [0.05, 0.1) is 0 Å². The van der Waals surface area contributed by atoms with Crippen molar-refractivity contribution in [1.29, 1.82) is 0 Å². The molecule has 5 heteroatoms. The van der Waals surface area contributed by atoms with Crippen LogP contribution >= 0.6 is 0 Å². The number of fused-ring (bicyclic) bond motifs is 3. The molecule has 1 amide bonds. The van der Waals surface area contributed by atoms with Crippen LogP contribution in [0, 0.1) is 13.8 Å². The standard InChI is InChI=1S/C24H23N3O2/c1-16-15-17(2)26-23(25-16)29-21-22(28)27-14-8-10-18-9-6-7-13-20(18)24(21,27)19-11-4-3-5-12-19/h3-7,9,11-13,15,21H,8,10,14H2,1-2H3. The number of ether oxygens (including phenoxy) is 1. The molecule has 1 aromatic heterocycles. The SMILES string of the molecule is Cc1cc(C)nc(OC2C(=O)N3CCCc4ccccc4C23c2ccccc2)n1. The van der Waals surface area contributed by atoms with Gasteiger partial charge in [0, 0.05) is 17.9 Å². The monoisotopic (exact) mass is 385 g/mol. The van der Waals surface area contributed by atoms with Gasteiger partial charge in [-0.1, -0.05) is 54.6 Å². The summed E-state index contributed by atoms with van der Waals surface area (Å²) in [5.74, 6) is -0.00619. The molecule has 0 bridgehead atoms. The van der Waals surface area contributed by atoms with E-state index in [2.05, 4.69) is 40.3 Å². The van der Waals surface area contributed by atoms with Gasteiger partial charge in [0.2, 0.25) is 6.10 Å². The Morgan fingerprint density at radius 2 is 1.69 bits per heavy atom. The molecule has 5 nitrogen and oxygen atoms in total. The molecular weight excluding hydrogens is 362 g/mol. The summed E-state index contributed by atoms with van der Waals surface area (Å²) < 4.78 is 6.25. The molecule has 2 unspecified atom stereocenters. The van der Waals surface area contributed by atoms with Gasteiger partial charge in [0.25, 0.3) is 5.91 Å². The molecular formula is C24H23N3O2. The van der Waals surface area contributed by atoms with Gasteiger partial charge in [-0.2, -0.15) is 0 Å². The number of rotatable bonds is 3. The van der Waals surface area contributed by atoms with Crippen molar-refractivity contribution in [3.63, 3.8) is 0 Å². The zero-order valence-corrected chi connectivity index (χ0v) is 16.6. The molecule has 0 N–H and O–H groups in total. The zero-order valence-electron chi connectivity index (χ0n) is 16.6. The number of amides is 1. The minimum atomic E-state index is -0.689. The number of hydrogen-bond acceptors (Lipinski definition) is 4. The number of aromatic nitrogens is 2. The molecule has 0 radical (unpaired) electrons. The first kappa shape index (κ1) is 17.9. The van der Waals surface area contributed by atoms with Crippen LogP contribution in [0.4, 0.5) is 0 Å². The summed E-state index contributed by atoms with van der Waals surface area (Å²) in [5.41, 5.74) is 4.45. The van der Waals surface area contributed by atoms with Crippen molar-refractivity contribution in [2.45, 2.75) is 38.3 Å². The predicted octanol–water partition coefficient (Wildman–Crippen LogP) is 3.57. The predicted molar refractivity (Wildman–Crippen MR) is 110 cm³/mol. The lowest BCUT2D eigenvalue weighted by molar-refractivity contribution is -0.177. The van der Waals surface area contributed by atoms with Crippen LogP contribution in [0.15, 0.2) is 60.7 Å². The molecule has 2 atom stereocenters. The second-order valence-electron chi connectivity index (χ2n) is 7.81. The molecule has 1 saturated heterocycles. The maximum absolute atomic E-state index is 13.3. The lowest BCUT2D eigenvalue weighted by Gasteiger charge is -2.56. The summed E-state index contributed by atoms with van der Waals surface area (Å²) >= 11 is 0. The Morgan fingerprint density at radius 1 is 1.00 bits per heavy atom. The van der Waals surface area contributed by atoms with Gasteiger partial charge >= 0.3 is 6.01 Å². The van der Waals surface area contributed by atoms with E-state index in [1.807, 2.05) is 49.1 Å². The summed E-state index contributed by atoms with van der Waals surface area (Å²) in [5, 5.41) is 0. The van der Waals surface area contributed by atoms with Gasteiger partial charge in [-0.3, -0.25) is 4.79 Å². The van der Waals surface area contributed by atoms with Crippen molar-refractivity contribution < 1.29 is 9.53 Å². The van der Waals surface area contributed by atoms with Crippen molar-refractivity contribution in [3.8, 4) is 6.01 Å². The number of nitrogens with zero attached hydrogens (tertiary/aromatic N) is 3. The Labute approximate surface area is 170 Å². The number of carbonyl (C=O) groups is 1. The van der Waals surface area contributed by atoms with Crippen LogP contribution < -0.4 is 4.74 Å². The number of carbonyl (C=O) groups excluding carboxylic acids is 1. The second-order valence-corrected chi connectivity index (χ2v) is 7.81. The van der Waals surface area contributed by atoms with Gasteiger partial charge in [-0.15, -0.1) is 0 Å². The Balaban J connectivity index is 1.70. The Hall–Kier alpha value is -3.21. The first-order valence-electron chi connectivity index (χ1n) is 10.0. The minimum absolute atomic E-state index is 0.00619. The Bertz CT molecular complexity index is 1060. The fourth-order valence-corrected chi connectivity index (χ4v) is 4.82. The van der Waals surface area contributed by atoms with Gasteiger partial charge in [-0.05, 0) is 49.4 Å². The normalized spacial score (nSPS) is 22.9. The third kappa shape index (κ3) is 2.64. The molecule has 2 aromatic carbocycles. The highest BCUT2D eigenvalue weighted by Gasteiger charge is 2.65. The largest absolute Gasteiger partial charge is 0.447 e. The van der Waals surface area contributed by atoms with Crippen molar-refractivity contribution in [2.75, 3.05) is 6.54 Å². The highest BCUT2D eigenvalue weighted by Crippen LogP contribution is 2.51. The number of β-lactam (4-membered cyclic amide) rings is 1. The topological polar surface area (TPSA) is 55.3 Å². The van der Waals surface area contributed by atoms with Crippen LogP contribution in [0.3, 0.4) is 0 Å². The van der Waals surface area contributed by atoms with E-state index < -0.39 is 11.6 Å². The maximum atomic E-state index is 13.3. The number of benzene rings is 2. The van der Waals surface area contributed by atoms with Crippen LogP contribution in [0.2, 0.25) is 0 Å². The van der Waals surface area contributed by atoms with Gasteiger partial charge < -0.3 is 9.64 Å². The molecule has 0 saturated carbocycles. The van der Waals surface area contributed by atoms with Crippen molar-refractivity contribution in [3.05, 3.63) is 88.7 Å². The summed E-state index contributed by atoms with van der Waals surface area (Å²) in [6.45, 7) is 4.52.